The smallest absolute Gasteiger partial charge is 0.243 e. The van der Waals surface area contributed by atoms with E-state index in [1.54, 1.807) is 13.0 Å². The number of amides is 1. The zero-order valence-corrected chi connectivity index (χ0v) is 7.38. The van der Waals surface area contributed by atoms with Crippen molar-refractivity contribution in [2.45, 2.75) is 6.92 Å². The lowest BCUT2D eigenvalue weighted by molar-refractivity contribution is -0.114. The summed E-state index contributed by atoms with van der Waals surface area (Å²) in [5.74, 6) is -0.435. The van der Waals surface area contributed by atoms with E-state index in [4.69, 9.17) is 5.73 Å². The minimum Gasteiger partial charge on any atom is -0.498 e. The largest absolute Gasteiger partial charge is 0.498 e. The summed E-state index contributed by atoms with van der Waals surface area (Å²) >= 11 is 0. The van der Waals surface area contributed by atoms with E-state index in [1.807, 2.05) is 0 Å². The molecule has 68 valence electrons. The third-order valence-electron chi connectivity index (χ3n) is 0.753. The van der Waals surface area contributed by atoms with Gasteiger partial charge in [-0.25, -0.2) is 0 Å². The molecule has 0 fully saturated rings. The molecule has 0 aliphatic carbocycles. The number of primary amides is 1. The first-order valence-corrected chi connectivity index (χ1v) is 3.35. The van der Waals surface area contributed by atoms with E-state index < -0.39 is 5.91 Å². The van der Waals surface area contributed by atoms with E-state index in [9.17, 15) is 4.79 Å². The summed E-state index contributed by atoms with van der Waals surface area (Å²) in [6.07, 6.45) is 3.06. The lowest BCUT2D eigenvalue weighted by Gasteiger charge is -1.86. The van der Waals surface area contributed by atoms with Gasteiger partial charge in [0, 0.05) is 5.57 Å². The summed E-state index contributed by atoms with van der Waals surface area (Å²) in [7, 11) is 0. The Labute approximate surface area is 73.2 Å². The van der Waals surface area contributed by atoms with Crippen LogP contribution < -0.4 is 5.73 Å². The molecular weight excluding hydrogens is 154 g/mol. The fourth-order valence-electron chi connectivity index (χ4n) is 0.136. The van der Waals surface area contributed by atoms with Gasteiger partial charge in [0.25, 0.3) is 0 Å². The van der Waals surface area contributed by atoms with Crippen molar-refractivity contribution >= 4 is 5.91 Å². The van der Waals surface area contributed by atoms with E-state index in [2.05, 4.69) is 24.5 Å². The molecule has 0 rings (SSSR count). The molecule has 3 heteroatoms. The summed E-state index contributed by atoms with van der Waals surface area (Å²) in [4.78, 5) is 9.82. The van der Waals surface area contributed by atoms with Gasteiger partial charge in [-0.1, -0.05) is 25.8 Å². The Hall–Kier alpha value is -1.51. The van der Waals surface area contributed by atoms with E-state index in [0.717, 1.165) is 0 Å². The molecule has 0 aliphatic rings. The molecule has 0 aliphatic heterocycles. The van der Waals surface area contributed by atoms with E-state index in [-0.39, 0.29) is 0 Å². The summed E-state index contributed by atoms with van der Waals surface area (Å²) in [5.41, 5.74) is 5.09. The van der Waals surface area contributed by atoms with Gasteiger partial charge in [0.05, 0.1) is 6.26 Å². The monoisotopic (exact) mass is 169 g/mol. The highest BCUT2D eigenvalue weighted by Gasteiger charge is 1.86. The molecule has 0 unspecified atom stereocenters. The number of carbonyl (C=O) groups is 1. The molecule has 2 N–H and O–H groups in total. The molecule has 0 heterocycles. The number of hydrogen-bond donors (Lipinski definition) is 1. The molecule has 0 bridgehead atoms. The average Bonchev–Trinajstić information content (AvgIpc) is 2.02. The number of ether oxygens (including phenoxy) is 1. The van der Waals surface area contributed by atoms with Crippen molar-refractivity contribution < 1.29 is 9.53 Å². The van der Waals surface area contributed by atoms with Crippen LogP contribution in [0.2, 0.25) is 0 Å². The van der Waals surface area contributed by atoms with Crippen LogP contribution in [-0.4, -0.2) is 12.5 Å². The van der Waals surface area contributed by atoms with Crippen LogP contribution >= 0.6 is 0 Å². The van der Waals surface area contributed by atoms with Crippen LogP contribution in [0.4, 0.5) is 0 Å². The Kier molecular flexibility index (Phi) is 10.4. The molecule has 0 saturated heterocycles. The Bertz CT molecular complexity index is 153. The highest BCUT2D eigenvalue weighted by molar-refractivity contribution is 5.90. The van der Waals surface area contributed by atoms with E-state index in [0.29, 0.717) is 12.2 Å². The van der Waals surface area contributed by atoms with Crippen LogP contribution in [0, 0.1) is 0 Å². The number of rotatable bonds is 4. The zero-order chi connectivity index (χ0) is 9.98. The number of carbonyl (C=O) groups excluding carboxylic acids is 1. The molecular formula is C9H15NO2. The second-order valence-electron chi connectivity index (χ2n) is 1.93. The van der Waals surface area contributed by atoms with Crippen molar-refractivity contribution in [2.24, 2.45) is 5.73 Å². The second-order valence-corrected chi connectivity index (χ2v) is 1.93. The fourth-order valence-corrected chi connectivity index (χ4v) is 0.136. The first-order chi connectivity index (χ1) is 5.56. The maximum Gasteiger partial charge on any atom is 0.243 e. The minimum absolute atomic E-state index is 0.398. The first kappa shape index (κ1) is 13.1. The van der Waals surface area contributed by atoms with Gasteiger partial charge in [-0.05, 0) is 6.92 Å². The van der Waals surface area contributed by atoms with Crippen molar-refractivity contribution in [3.05, 3.63) is 37.6 Å². The van der Waals surface area contributed by atoms with Gasteiger partial charge in [0.1, 0.15) is 6.61 Å². The van der Waals surface area contributed by atoms with Crippen molar-refractivity contribution in [2.75, 3.05) is 6.61 Å². The SMILES string of the molecule is C=C(C)C(N)=O.C=CCOC=C. The van der Waals surface area contributed by atoms with E-state index in [1.165, 1.54) is 6.26 Å². The van der Waals surface area contributed by atoms with Crippen molar-refractivity contribution in [1.29, 1.82) is 0 Å². The Balaban J connectivity index is 0. The molecule has 0 aromatic rings. The van der Waals surface area contributed by atoms with Crippen LogP contribution in [0.5, 0.6) is 0 Å². The van der Waals surface area contributed by atoms with Gasteiger partial charge in [0.15, 0.2) is 0 Å². The summed E-state index contributed by atoms with van der Waals surface area (Å²) in [5, 5.41) is 0. The summed E-state index contributed by atoms with van der Waals surface area (Å²) in [6.45, 7) is 12.2. The maximum absolute atomic E-state index is 9.82. The van der Waals surface area contributed by atoms with Gasteiger partial charge in [-0.2, -0.15) is 0 Å². The molecule has 1 amide bonds. The predicted octanol–water partition coefficient (Wildman–Crippen LogP) is 1.38. The lowest BCUT2D eigenvalue weighted by atomic mass is 10.3. The molecule has 3 nitrogen and oxygen atoms in total. The Morgan fingerprint density at radius 1 is 1.58 bits per heavy atom. The minimum atomic E-state index is -0.435. The Morgan fingerprint density at radius 3 is 2.08 bits per heavy atom. The van der Waals surface area contributed by atoms with Gasteiger partial charge < -0.3 is 10.5 Å². The quantitative estimate of drug-likeness (QED) is 0.299. The van der Waals surface area contributed by atoms with Gasteiger partial charge in [-0.3, -0.25) is 4.79 Å². The number of hydrogen-bond acceptors (Lipinski definition) is 2. The Morgan fingerprint density at radius 2 is 2.00 bits per heavy atom. The van der Waals surface area contributed by atoms with Gasteiger partial charge in [-0.15, -0.1) is 0 Å². The molecule has 0 saturated carbocycles. The second kappa shape index (κ2) is 9.49. The molecule has 0 aromatic heterocycles. The molecule has 0 atom stereocenters. The van der Waals surface area contributed by atoms with Gasteiger partial charge in [0.2, 0.25) is 5.91 Å². The molecule has 0 radical (unpaired) electrons. The highest BCUT2D eigenvalue weighted by atomic mass is 16.5. The zero-order valence-electron chi connectivity index (χ0n) is 7.38. The van der Waals surface area contributed by atoms with Crippen LogP contribution in [0.15, 0.2) is 37.6 Å². The topological polar surface area (TPSA) is 52.3 Å². The average molecular weight is 169 g/mol. The molecule has 0 spiro atoms. The predicted molar refractivity (Wildman–Crippen MR) is 50.4 cm³/mol. The third-order valence-corrected chi connectivity index (χ3v) is 0.753. The van der Waals surface area contributed by atoms with Crippen LogP contribution in [-0.2, 0) is 9.53 Å². The van der Waals surface area contributed by atoms with Crippen molar-refractivity contribution in [1.82, 2.24) is 0 Å². The molecule has 0 aromatic carbocycles. The first-order valence-electron chi connectivity index (χ1n) is 3.35. The fraction of sp³-hybridized carbons (Fsp3) is 0.222. The normalized spacial score (nSPS) is 7.08. The van der Waals surface area contributed by atoms with Crippen LogP contribution in [0.3, 0.4) is 0 Å². The lowest BCUT2D eigenvalue weighted by Crippen LogP contribution is -2.10. The standard InChI is InChI=1S/C5H8O.C4H7NO/c1-3-5-6-4-2;1-3(2)4(5)6/h3-4H,1-2,5H2;1H2,2H3,(H2,5,6). The van der Waals surface area contributed by atoms with Crippen LogP contribution in [0.1, 0.15) is 6.92 Å². The number of nitrogens with two attached hydrogens (primary N) is 1. The third kappa shape index (κ3) is 15.8. The highest BCUT2D eigenvalue weighted by Crippen LogP contribution is 1.78. The van der Waals surface area contributed by atoms with E-state index >= 15 is 0 Å². The van der Waals surface area contributed by atoms with Gasteiger partial charge >= 0.3 is 0 Å². The summed E-state index contributed by atoms with van der Waals surface area (Å²) in [6, 6.07) is 0. The maximum atomic E-state index is 9.82. The van der Waals surface area contributed by atoms with Crippen molar-refractivity contribution in [3.63, 3.8) is 0 Å². The van der Waals surface area contributed by atoms with Crippen LogP contribution in [0.25, 0.3) is 0 Å². The molecule has 12 heavy (non-hydrogen) atoms. The van der Waals surface area contributed by atoms with Crippen molar-refractivity contribution in [3.8, 4) is 0 Å². The summed E-state index contributed by atoms with van der Waals surface area (Å²) < 4.78 is 4.63.